The van der Waals surface area contributed by atoms with Crippen molar-refractivity contribution in [2.24, 2.45) is 0 Å². The molecule has 0 fully saturated rings. The zero-order valence-corrected chi connectivity index (χ0v) is 10.4. The molecule has 1 aromatic heterocycles. The fourth-order valence-electron chi connectivity index (χ4n) is 1.79. The van der Waals surface area contributed by atoms with Gasteiger partial charge in [-0.15, -0.1) is 0 Å². The Bertz CT molecular complexity index is 723. The molecule has 0 atom stereocenters. The molecule has 0 amide bonds. The molecule has 0 saturated heterocycles. The van der Waals surface area contributed by atoms with Crippen LogP contribution >= 0.6 is 0 Å². The highest BCUT2D eigenvalue weighted by atomic mass is 19.1. The molecule has 5 nitrogen and oxygen atoms in total. The first kappa shape index (κ1) is 13.5. The van der Waals surface area contributed by atoms with Crippen LogP contribution in [0.15, 0.2) is 30.3 Å². The van der Waals surface area contributed by atoms with E-state index in [1.54, 1.807) is 6.07 Å². The zero-order chi connectivity index (χ0) is 14.7. The van der Waals surface area contributed by atoms with Crippen molar-refractivity contribution in [2.75, 3.05) is 7.11 Å². The van der Waals surface area contributed by atoms with Gasteiger partial charge in [-0.1, -0.05) is 6.07 Å². The number of aromatic nitrogens is 1. The maximum Gasteiger partial charge on any atom is 0.337 e. The van der Waals surface area contributed by atoms with Crippen LogP contribution in [0.5, 0.6) is 5.75 Å². The molecule has 20 heavy (non-hydrogen) atoms. The molecular formula is C14H9FN2O3. The summed E-state index contributed by atoms with van der Waals surface area (Å²) in [5.74, 6) is -1.79. The Balaban J connectivity index is 2.81. The molecule has 0 aliphatic carbocycles. The highest BCUT2D eigenvalue weighted by Crippen LogP contribution is 2.33. The minimum atomic E-state index is -1.26. The van der Waals surface area contributed by atoms with Crippen LogP contribution < -0.4 is 4.74 Å². The lowest BCUT2D eigenvalue weighted by Gasteiger charge is -2.11. The van der Waals surface area contributed by atoms with Gasteiger partial charge >= 0.3 is 5.97 Å². The number of hydrogen-bond acceptors (Lipinski definition) is 4. The lowest BCUT2D eigenvalue weighted by Crippen LogP contribution is -2.05. The van der Waals surface area contributed by atoms with E-state index in [-0.39, 0.29) is 28.3 Å². The van der Waals surface area contributed by atoms with Gasteiger partial charge < -0.3 is 9.84 Å². The van der Waals surface area contributed by atoms with E-state index in [1.165, 1.54) is 37.4 Å². The first-order valence-corrected chi connectivity index (χ1v) is 5.55. The summed E-state index contributed by atoms with van der Waals surface area (Å²) in [6, 6.07) is 8.37. The summed E-state index contributed by atoms with van der Waals surface area (Å²) < 4.78 is 19.0. The van der Waals surface area contributed by atoms with Gasteiger partial charge in [0.1, 0.15) is 23.3 Å². The molecule has 2 aromatic rings. The van der Waals surface area contributed by atoms with E-state index in [1.807, 2.05) is 0 Å². The quantitative estimate of drug-likeness (QED) is 0.927. The molecule has 1 heterocycles. The lowest BCUT2D eigenvalue weighted by molar-refractivity contribution is 0.0697. The number of carbonyl (C=O) groups is 1. The van der Waals surface area contributed by atoms with E-state index >= 15 is 0 Å². The van der Waals surface area contributed by atoms with Crippen LogP contribution in [0, 0.1) is 17.1 Å². The summed E-state index contributed by atoms with van der Waals surface area (Å²) >= 11 is 0. The SMILES string of the molecule is COc1cccc(F)c1-c1nc(C#N)ccc1C(=O)O. The monoisotopic (exact) mass is 272 g/mol. The number of hydrogen-bond donors (Lipinski definition) is 1. The lowest BCUT2D eigenvalue weighted by atomic mass is 10.0. The number of nitrogens with zero attached hydrogens (tertiary/aromatic N) is 2. The van der Waals surface area contributed by atoms with Crippen molar-refractivity contribution >= 4 is 5.97 Å². The van der Waals surface area contributed by atoms with Crippen molar-refractivity contribution < 1.29 is 19.0 Å². The molecule has 0 bridgehead atoms. The zero-order valence-electron chi connectivity index (χ0n) is 10.4. The maximum absolute atomic E-state index is 14.0. The summed E-state index contributed by atoms with van der Waals surface area (Å²) in [4.78, 5) is 15.1. The van der Waals surface area contributed by atoms with Crippen LogP contribution in [0.1, 0.15) is 16.1 Å². The third-order valence-corrected chi connectivity index (χ3v) is 2.67. The van der Waals surface area contributed by atoms with Gasteiger partial charge in [-0.05, 0) is 24.3 Å². The number of benzene rings is 1. The maximum atomic E-state index is 14.0. The number of carboxylic acid groups (broad SMARTS) is 1. The van der Waals surface area contributed by atoms with Crippen molar-refractivity contribution in [3.05, 3.63) is 47.4 Å². The first-order chi connectivity index (χ1) is 9.58. The Labute approximate surface area is 113 Å². The largest absolute Gasteiger partial charge is 0.496 e. The molecular weight excluding hydrogens is 263 g/mol. The summed E-state index contributed by atoms with van der Waals surface area (Å²) in [5.41, 5.74) is -0.418. The second-order valence-electron chi connectivity index (χ2n) is 3.83. The van der Waals surface area contributed by atoms with Crippen molar-refractivity contribution in [3.8, 4) is 23.1 Å². The number of methoxy groups -OCH3 is 1. The molecule has 0 radical (unpaired) electrons. The second kappa shape index (κ2) is 5.36. The van der Waals surface area contributed by atoms with Crippen molar-refractivity contribution in [2.45, 2.75) is 0 Å². The van der Waals surface area contributed by atoms with E-state index in [0.29, 0.717) is 0 Å². The summed E-state index contributed by atoms with van der Waals surface area (Å²) in [6.07, 6.45) is 0. The van der Waals surface area contributed by atoms with Crippen molar-refractivity contribution in [1.82, 2.24) is 4.98 Å². The Morgan fingerprint density at radius 3 is 2.75 bits per heavy atom. The predicted octanol–water partition coefficient (Wildman–Crippen LogP) is 2.47. The Morgan fingerprint density at radius 1 is 1.40 bits per heavy atom. The standard InChI is InChI=1S/C14H9FN2O3/c1-20-11-4-2-3-10(15)12(11)13-9(14(18)19)6-5-8(7-16)17-13/h2-6H,1H3,(H,18,19). The average Bonchev–Trinajstić information content (AvgIpc) is 2.46. The fraction of sp³-hybridized carbons (Fsp3) is 0.0714. The molecule has 1 aromatic carbocycles. The van der Waals surface area contributed by atoms with E-state index in [9.17, 15) is 9.18 Å². The molecule has 100 valence electrons. The Kier molecular flexibility index (Phi) is 3.62. The predicted molar refractivity (Wildman–Crippen MR) is 67.9 cm³/mol. The third-order valence-electron chi connectivity index (χ3n) is 2.67. The van der Waals surface area contributed by atoms with E-state index in [4.69, 9.17) is 15.1 Å². The number of ether oxygens (including phenoxy) is 1. The molecule has 0 aliphatic rings. The summed E-state index contributed by atoms with van der Waals surface area (Å²) in [6.45, 7) is 0. The minimum Gasteiger partial charge on any atom is -0.496 e. The summed E-state index contributed by atoms with van der Waals surface area (Å²) in [7, 11) is 1.34. The second-order valence-corrected chi connectivity index (χ2v) is 3.83. The Hall–Kier alpha value is -2.94. The van der Waals surface area contributed by atoms with Crippen LogP contribution in [0.25, 0.3) is 11.3 Å². The topological polar surface area (TPSA) is 83.2 Å². The summed E-state index contributed by atoms with van der Waals surface area (Å²) in [5, 5.41) is 18.0. The van der Waals surface area contributed by atoms with Gasteiger partial charge in [0, 0.05) is 0 Å². The van der Waals surface area contributed by atoms with Crippen LogP contribution in [-0.2, 0) is 0 Å². The van der Waals surface area contributed by atoms with Crippen LogP contribution in [0.4, 0.5) is 4.39 Å². The minimum absolute atomic E-state index is 0.00435. The van der Waals surface area contributed by atoms with Crippen LogP contribution in [0.2, 0.25) is 0 Å². The molecule has 1 N–H and O–H groups in total. The first-order valence-electron chi connectivity index (χ1n) is 5.55. The molecule has 0 spiro atoms. The molecule has 6 heteroatoms. The normalized spacial score (nSPS) is 9.85. The number of nitriles is 1. The smallest absolute Gasteiger partial charge is 0.337 e. The van der Waals surface area contributed by atoms with Gasteiger partial charge in [0.2, 0.25) is 0 Å². The van der Waals surface area contributed by atoms with Gasteiger partial charge in [0.15, 0.2) is 0 Å². The molecule has 0 saturated carbocycles. The highest BCUT2D eigenvalue weighted by Gasteiger charge is 2.20. The van der Waals surface area contributed by atoms with Crippen LogP contribution in [0.3, 0.4) is 0 Å². The average molecular weight is 272 g/mol. The third kappa shape index (κ3) is 2.29. The van der Waals surface area contributed by atoms with Crippen LogP contribution in [-0.4, -0.2) is 23.2 Å². The number of rotatable bonds is 3. The molecule has 2 rings (SSSR count). The van der Waals surface area contributed by atoms with Gasteiger partial charge in [-0.2, -0.15) is 5.26 Å². The van der Waals surface area contributed by atoms with E-state index < -0.39 is 11.8 Å². The van der Waals surface area contributed by atoms with Gasteiger partial charge in [0.05, 0.1) is 23.9 Å². The van der Waals surface area contributed by atoms with Gasteiger partial charge in [-0.3, -0.25) is 0 Å². The number of pyridine rings is 1. The van der Waals surface area contributed by atoms with Gasteiger partial charge in [0.25, 0.3) is 0 Å². The molecule has 0 unspecified atom stereocenters. The van der Waals surface area contributed by atoms with Crippen molar-refractivity contribution in [3.63, 3.8) is 0 Å². The van der Waals surface area contributed by atoms with Gasteiger partial charge in [-0.25, -0.2) is 14.2 Å². The number of halogens is 1. The van der Waals surface area contributed by atoms with E-state index in [2.05, 4.69) is 4.98 Å². The number of aromatic carboxylic acids is 1. The Morgan fingerprint density at radius 2 is 2.15 bits per heavy atom. The van der Waals surface area contributed by atoms with E-state index in [0.717, 1.165) is 0 Å². The fourth-order valence-corrected chi connectivity index (χ4v) is 1.79. The van der Waals surface area contributed by atoms with Crippen molar-refractivity contribution in [1.29, 1.82) is 5.26 Å². The molecule has 0 aliphatic heterocycles. The number of carboxylic acids is 1. The highest BCUT2D eigenvalue weighted by molar-refractivity contribution is 5.95.